The maximum atomic E-state index is 11.6. The van der Waals surface area contributed by atoms with Gasteiger partial charge in [0.05, 0.1) is 16.3 Å². The molecular formula is C23H20N4O4S2. The van der Waals surface area contributed by atoms with Crippen molar-refractivity contribution in [2.45, 2.75) is 17.7 Å². The standard InChI is InChI=1S/C23H20N4O4S2/c1-2-6-19-18(13-15-9-11-17(12-10-15)33(24,30)31)21(16-7-4-3-5-8-16)27(26-19)23-25-20(14-32-23)22(28)29/h2-5,7-12,14H,1,6,13H2,(H,28,29)(H2,24,30,31). The Morgan fingerprint density at radius 1 is 1.15 bits per heavy atom. The molecule has 0 unspecified atom stereocenters. The van der Waals surface area contributed by atoms with E-state index < -0.39 is 16.0 Å². The molecule has 2 aromatic carbocycles. The van der Waals surface area contributed by atoms with Crippen LogP contribution in [0, 0.1) is 0 Å². The van der Waals surface area contributed by atoms with Crippen molar-refractivity contribution in [3.05, 3.63) is 95.1 Å². The van der Waals surface area contributed by atoms with Crippen molar-refractivity contribution in [3.63, 3.8) is 0 Å². The largest absolute Gasteiger partial charge is 0.476 e. The molecule has 0 bridgehead atoms. The molecule has 2 heterocycles. The molecule has 168 valence electrons. The smallest absolute Gasteiger partial charge is 0.355 e. The molecule has 0 fully saturated rings. The third-order valence-corrected chi connectivity index (χ3v) is 6.72. The summed E-state index contributed by atoms with van der Waals surface area (Å²) in [5.74, 6) is -1.10. The highest BCUT2D eigenvalue weighted by molar-refractivity contribution is 7.89. The van der Waals surface area contributed by atoms with Crippen LogP contribution in [-0.2, 0) is 22.9 Å². The lowest BCUT2D eigenvalue weighted by molar-refractivity contribution is 0.0691. The van der Waals surface area contributed by atoms with Gasteiger partial charge in [-0.1, -0.05) is 48.5 Å². The lowest BCUT2D eigenvalue weighted by atomic mass is 9.98. The molecule has 33 heavy (non-hydrogen) atoms. The molecule has 0 aliphatic carbocycles. The zero-order chi connectivity index (χ0) is 23.6. The molecule has 0 spiro atoms. The highest BCUT2D eigenvalue weighted by Crippen LogP contribution is 2.32. The summed E-state index contributed by atoms with van der Waals surface area (Å²) in [5.41, 5.74) is 4.19. The van der Waals surface area contributed by atoms with Gasteiger partial charge in [0.25, 0.3) is 0 Å². The van der Waals surface area contributed by atoms with Crippen molar-refractivity contribution in [1.29, 1.82) is 0 Å². The summed E-state index contributed by atoms with van der Waals surface area (Å²) in [7, 11) is -3.78. The van der Waals surface area contributed by atoms with E-state index >= 15 is 0 Å². The maximum absolute atomic E-state index is 11.6. The number of nitrogens with zero attached hydrogens (tertiary/aromatic N) is 3. The van der Waals surface area contributed by atoms with Gasteiger partial charge >= 0.3 is 5.97 Å². The van der Waals surface area contributed by atoms with E-state index in [1.165, 1.54) is 28.8 Å². The number of hydrogen-bond donors (Lipinski definition) is 2. The van der Waals surface area contributed by atoms with Gasteiger partial charge < -0.3 is 5.11 Å². The number of sulfonamides is 1. The second-order valence-electron chi connectivity index (χ2n) is 7.23. The van der Waals surface area contributed by atoms with Crippen LogP contribution in [0.2, 0.25) is 0 Å². The predicted molar refractivity (Wildman–Crippen MR) is 126 cm³/mol. The molecule has 0 aliphatic heterocycles. The summed E-state index contributed by atoms with van der Waals surface area (Å²) < 4.78 is 24.9. The second-order valence-corrected chi connectivity index (χ2v) is 9.63. The zero-order valence-corrected chi connectivity index (χ0v) is 19.0. The highest BCUT2D eigenvalue weighted by Gasteiger charge is 2.22. The first-order valence-corrected chi connectivity index (χ1v) is 12.3. The van der Waals surface area contributed by atoms with E-state index in [1.807, 2.05) is 30.3 Å². The Morgan fingerprint density at radius 3 is 2.42 bits per heavy atom. The number of rotatable bonds is 8. The van der Waals surface area contributed by atoms with E-state index in [0.717, 1.165) is 28.1 Å². The van der Waals surface area contributed by atoms with Gasteiger partial charge in [0.1, 0.15) is 0 Å². The Hall–Kier alpha value is -3.60. The quantitative estimate of drug-likeness (QED) is 0.370. The van der Waals surface area contributed by atoms with Crippen molar-refractivity contribution in [3.8, 4) is 16.4 Å². The molecule has 3 N–H and O–H groups in total. The molecule has 4 rings (SSSR count). The van der Waals surface area contributed by atoms with Gasteiger partial charge in [-0.15, -0.1) is 17.9 Å². The fourth-order valence-electron chi connectivity index (χ4n) is 3.47. The zero-order valence-electron chi connectivity index (χ0n) is 17.4. The maximum Gasteiger partial charge on any atom is 0.355 e. The van der Waals surface area contributed by atoms with Crippen molar-refractivity contribution in [1.82, 2.24) is 14.8 Å². The van der Waals surface area contributed by atoms with Crippen LogP contribution in [0.1, 0.15) is 27.3 Å². The van der Waals surface area contributed by atoms with Gasteiger partial charge in [0.15, 0.2) is 5.69 Å². The van der Waals surface area contributed by atoms with Crippen LogP contribution in [0.15, 0.2) is 77.5 Å². The Labute approximate surface area is 194 Å². The number of hydrogen-bond acceptors (Lipinski definition) is 6. The number of thiazole rings is 1. The number of nitrogens with two attached hydrogens (primary N) is 1. The van der Waals surface area contributed by atoms with Crippen LogP contribution >= 0.6 is 11.3 Å². The Morgan fingerprint density at radius 2 is 1.85 bits per heavy atom. The molecule has 8 nitrogen and oxygen atoms in total. The van der Waals surface area contributed by atoms with E-state index in [-0.39, 0.29) is 10.6 Å². The number of carboxylic acid groups (broad SMARTS) is 1. The molecule has 0 saturated heterocycles. The minimum atomic E-state index is -3.78. The van der Waals surface area contributed by atoms with Crippen molar-refractivity contribution >= 4 is 27.3 Å². The van der Waals surface area contributed by atoms with Gasteiger partial charge in [-0.25, -0.2) is 28.0 Å². The fourth-order valence-corrected chi connectivity index (χ4v) is 4.74. The van der Waals surface area contributed by atoms with Gasteiger partial charge in [-0.3, -0.25) is 0 Å². The van der Waals surface area contributed by atoms with Crippen LogP contribution in [-0.4, -0.2) is 34.3 Å². The molecule has 0 saturated carbocycles. The molecule has 2 aromatic heterocycles. The van der Waals surface area contributed by atoms with E-state index in [2.05, 4.69) is 11.6 Å². The summed E-state index contributed by atoms with van der Waals surface area (Å²) >= 11 is 1.19. The second kappa shape index (κ2) is 9.10. The Kier molecular flexibility index (Phi) is 6.23. The topological polar surface area (TPSA) is 128 Å². The summed E-state index contributed by atoms with van der Waals surface area (Å²) in [4.78, 5) is 15.6. The third-order valence-electron chi connectivity index (χ3n) is 4.98. The summed E-state index contributed by atoms with van der Waals surface area (Å²) in [6, 6.07) is 16.0. The lowest BCUT2D eigenvalue weighted by Gasteiger charge is -2.09. The molecule has 10 heteroatoms. The van der Waals surface area contributed by atoms with E-state index in [9.17, 15) is 18.3 Å². The number of carbonyl (C=O) groups is 1. The minimum absolute atomic E-state index is 0.0422. The molecule has 0 aliphatic rings. The van der Waals surface area contributed by atoms with E-state index in [0.29, 0.717) is 18.0 Å². The van der Waals surface area contributed by atoms with Gasteiger partial charge in [-0.2, -0.15) is 5.10 Å². The van der Waals surface area contributed by atoms with Crippen LogP contribution in [0.25, 0.3) is 16.4 Å². The molecule has 0 amide bonds. The summed E-state index contributed by atoms with van der Waals surface area (Å²) in [6.07, 6.45) is 2.71. The van der Waals surface area contributed by atoms with Crippen LogP contribution in [0.3, 0.4) is 0 Å². The third kappa shape index (κ3) is 4.77. The molecule has 0 radical (unpaired) electrons. The van der Waals surface area contributed by atoms with Crippen LogP contribution in [0.4, 0.5) is 0 Å². The molecule has 4 aromatic rings. The number of benzene rings is 2. The van der Waals surface area contributed by atoms with Gasteiger partial charge in [0, 0.05) is 29.3 Å². The van der Waals surface area contributed by atoms with Crippen LogP contribution < -0.4 is 5.14 Å². The summed E-state index contributed by atoms with van der Waals surface area (Å²) in [5, 5.41) is 21.2. The number of carboxylic acids is 1. The van der Waals surface area contributed by atoms with Crippen molar-refractivity contribution in [2.24, 2.45) is 5.14 Å². The normalized spacial score (nSPS) is 11.4. The predicted octanol–water partition coefficient (Wildman–Crippen LogP) is 3.66. The van der Waals surface area contributed by atoms with Gasteiger partial charge in [0.2, 0.25) is 15.2 Å². The van der Waals surface area contributed by atoms with Crippen LogP contribution in [0.5, 0.6) is 0 Å². The monoisotopic (exact) mass is 480 g/mol. The first kappa shape index (κ1) is 22.6. The number of aromatic carboxylic acids is 1. The van der Waals surface area contributed by atoms with Crippen molar-refractivity contribution in [2.75, 3.05) is 0 Å². The SMILES string of the molecule is C=CCc1nn(-c2nc(C(=O)O)cs2)c(-c2ccccc2)c1Cc1ccc(S(N)(=O)=O)cc1. The lowest BCUT2D eigenvalue weighted by Crippen LogP contribution is -2.11. The average molecular weight is 481 g/mol. The van der Waals surface area contributed by atoms with Crippen molar-refractivity contribution < 1.29 is 18.3 Å². The van der Waals surface area contributed by atoms with Gasteiger partial charge in [-0.05, 0) is 17.7 Å². The Balaban J connectivity index is 1.88. The van der Waals surface area contributed by atoms with E-state index in [4.69, 9.17) is 10.2 Å². The first-order chi connectivity index (χ1) is 15.8. The number of allylic oxidation sites excluding steroid dienone is 1. The first-order valence-electron chi connectivity index (χ1n) is 9.86. The minimum Gasteiger partial charge on any atom is -0.476 e. The number of primary sulfonamides is 1. The number of aromatic nitrogens is 3. The average Bonchev–Trinajstić information content (AvgIpc) is 3.40. The fraction of sp³-hybridized carbons (Fsp3) is 0.0870. The molecule has 0 atom stereocenters. The summed E-state index contributed by atoms with van der Waals surface area (Å²) in [6.45, 7) is 3.83. The highest BCUT2D eigenvalue weighted by atomic mass is 32.2. The Bertz CT molecular complexity index is 1420. The van der Waals surface area contributed by atoms with E-state index in [1.54, 1.807) is 22.9 Å². The molecular weight excluding hydrogens is 460 g/mol.